The van der Waals surface area contributed by atoms with Gasteiger partial charge in [0.1, 0.15) is 0 Å². The number of carbonyl (C=O) groups is 2. The van der Waals surface area contributed by atoms with Crippen molar-refractivity contribution in [2.75, 3.05) is 44.4 Å². The van der Waals surface area contributed by atoms with E-state index in [0.717, 1.165) is 0 Å². The molecule has 0 aromatic carbocycles. The Morgan fingerprint density at radius 2 is 1.95 bits per heavy atom. The van der Waals surface area contributed by atoms with E-state index in [0.29, 0.717) is 38.5 Å². The summed E-state index contributed by atoms with van der Waals surface area (Å²) < 4.78 is 5.19. The van der Waals surface area contributed by atoms with E-state index >= 15 is 0 Å². The Morgan fingerprint density at radius 1 is 1.30 bits per heavy atom. The fraction of sp³-hybridized carbons (Fsp3) is 0.846. The van der Waals surface area contributed by atoms with E-state index < -0.39 is 5.54 Å². The first-order valence-electron chi connectivity index (χ1n) is 6.80. The number of amides is 2. The maximum Gasteiger partial charge on any atom is 0.232 e. The summed E-state index contributed by atoms with van der Waals surface area (Å²) >= 11 is 1.32. The highest BCUT2D eigenvalue weighted by Crippen LogP contribution is 2.09. The van der Waals surface area contributed by atoms with Crippen LogP contribution in [0.25, 0.3) is 0 Å². The van der Waals surface area contributed by atoms with Gasteiger partial charge in [-0.1, -0.05) is 0 Å². The molecule has 0 aliphatic carbocycles. The van der Waals surface area contributed by atoms with Crippen molar-refractivity contribution in [3.63, 3.8) is 0 Å². The Balaban J connectivity index is 2.19. The number of aliphatic hydroxyl groups excluding tert-OH is 1. The minimum Gasteiger partial charge on any atom is -0.396 e. The number of hydrogen-bond donors (Lipinski definition) is 2. The lowest BCUT2D eigenvalue weighted by Gasteiger charge is -2.27. The standard InChI is InChI=1S/C13H24N2O4S/c1-13(2,3-6-16)14-11(17)9-20-10-12(18)15-4-7-19-8-5-15/h16H,3-10H2,1-2H3,(H,14,17). The molecule has 2 N–H and O–H groups in total. The zero-order valence-electron chi connectivity index (χ0n) is 12.2. The molecule has 1 heterocycles. The van der Waals surface area contributed by atoms with E-state index in [2.05, 4.69) is 5.32 Å². The quantitative estimate of drug-likeness (QED) is 0.684. The largest absolute Gasteiger partial charge is 0.396 e. The van der Waals surface area contributed by atoms with Crippen LogP contribution in [-0.2, 0) is 14.3 Å². The van der Waals surface area contributed by atoms with E-state index in [1.165, 1.54) is 11.8 Å². The zero-order valence-corrected chi connectivity index (χ0v) is 13.0. The van der Waals surface area contributed by atoms with Gasteiger partial charge in [0.15, 0.2) is 0 Å². The number of thioether (sulfide) groups is 1. The van der Waals surface area contributed by atoms with Crippen molar-refractivity contribution in [3.05, 3.63) is 0 Å². The molecule has 0 atom stereocenters. The summed E-state index contributed by atoms with van der Waals surface area (Å²) in [4.78, 5) is 25.4. The molecule has 6 nitrogen and oxygen atoms in total. The maximum atomic E-state index is 11.9. The molecule has 7 heteroatoms. The molecule has 2 amide bonds. The SMILES string of the molecule is CC(C)(CCO)NC(=O)CSCC(=O)N1CCOCC1. The summed E-state index contributed by atoms with van der Waals surface area (Å²) in [7, 11) is 0. The lowest BCUT2D eigenvalue weighted by molar-refractivity contribution is -0.132. The number of ether oxygens (including phenoxy) is 1. The van der Waals surface area contributed by atoms with Gasteiger partial charge in [-0.05, 0) is 20.3 Å². The fourth-order valence-electron chi connectivity index (χ4n) is 1.89. The van der Waals surface area contributed by atoms with Crippen LogP contribution >= 0.6 is 11.8 Å². The summed E-state index contributed by atoms with van der Waals surface area (Å²) in [6.07, 6.45) is 0.510. The van der Waals surface area contributed by atoms with E-state index in [9.17, 15) is 9.59 Å². The van der Waals surface area contributed by atoms with E-state index in [4.69, 9.17) is 9.84 Å². The van der Waals surface area contributed by atoms with Crippen LogP contribution in [0.4, 0.5) is 0 Å². The maximum absolute atomic E-state index is 11.9. The van der Waals surface area contributed by atoms with Crippen molar-refractivity contribution in [2.24, 2.45) is 0 Å². The van der Waals surface area contributed by atoms with Crippen molar-refractivity contribution in [1.82, 2.24) is 10.2 Å². The minimum absolute atomic E-state index is 0.0376. The van der Waals surface area contributed by atoms with Gasteiger partial charge in [0.25, 0.3) is 0 Å². The van der Waals surface area contributed by atoms with Gasteiger partial charge in [-0.3, -0.25) is 9.59 Å². The molecule has 0 bridgehead atoms. The van der Waals surface area contributed by atoms with Gasteiger partial charge in [0, 0.05) is 25.2 Å². The highest BCUT2D eigenvalue weighted by Gasteiger charge is 2.20. The minimum atomic E-state index is -0.416. The molecule has 0 spiro atoms. The summed E-state index contributed by atoms with van der Waals surface area (Å²) in [6, 6.07) is 0. The summed E-state index contributed by atoms with van der Waals surface area (Å²) in [5, 5.41) is 11.7. The van der Waals surface area contributed by atoms with Gasteiger partial charge >= 0.3 is 0 Å². The van der Waals surface area contributed by atoms with Crippen LogP contribution < -0.4 is 5.32 Å². The highest BCUT2D eigenvalue weighted by atomic mass is 32.2. The Hall–Kier alpha value is -0.790. The molecule has 0 unspecified atom stereocenters. The Bertz CT molecular complexity index is 330. The predicted molar refractivity (Wildman–Crippen MR) is 78.6 cm³/mol. The second-order valence-electron chi connectivity index (χ2n) is 5.39. The monoisotopic (exact) mass is 304 g/mol. The topological polar surface area (TPSA) is 78.9 Å². The third-order valence-electron chi connectivity index (χ3n) is 3.04. The number of nitrogens with zero attached hydrogens (tertiary/aromatic N) is 1. The Morgan fingerprint density at radius 3 is 2.55 bits per heavy atom. The van der Waals surface area contributed by atoms with Crippen LogP contribution in [-0.4, -0.2) is 71.8 Å². The van der Waals surface area contributed by atoms with Crippen molar-refractivity contribution < 1.29 is 19.4 Å². The first-order valence-corrected chi connectivity index (χ1v) is 7.95. The lowest BCUT2D eigenvalue weighted by atomic mass is 10.0. The van der Waals surface area contributed by atoms with Gasteiger partial charge in [0.05, 0.1) is 24.7 Å². The second kappa shape index (κ2) is 8.49. The fourth-order valence-corrected chi connectivity index (χ4v) is 2.61. The van der Waals surface area contributed by atoms with Crippen molar-refractivity contribution in [2.45, 2.75) is 25.8 Å². The van der Waals surface area contributed by atoms with Crippen LogP contribution in [0.5, 0.6) is 0 Å². The molecular weight excluding hydrogens is 280 g/mol. The third-order valence-corrected chi connectivity index (χ3v) is 3.95. The molecular formula is C13H24N2O4S. The normalized spacial score (nSPS) is 16.1. The molecule has 0 radical (unpaired) electrons. The summed E-state index contributed by atoms with van der Waals surface area (Å²) in [5.74, 6) is 0.516. The van der Waals surface area contributed by atoms with Gasteiger partial charge < -0.3 is 20.1 Å². The molecule has 116 valence electrons. The van der Waals surface area contributed by atoms with Gasteiger partial charge in [-0.25, -0.2) is 0 Å². The zero-order chi connectivity index (χ0) is 15.0. The summed E-state index contributed by atoms with van der Waals surface area (Å²) in [6.45, 7) is 6.22. The average molecular weight is 304 g/mol. The number of hydrogen-bond acceptors (Lipinski definition) is 5. The molecule has 0 saturated carbocycles. The molecule has 20 heavy (non-hydrogen) atoms. The van der Waals surface area contributed by atoms with Crippen molar-refractivity contribution in [1.29, 1.82) is 0 Å². The molecule has 0 aromatic heterocycles. The van der Waals surface area contributed by atoms with Gasteiger partial charge in [0.2, 0.25) is 11.8 Å². The molecule has 1 saturated heterocycles. The Kier molecular flexibility index (Phi) is 7.32. The van der Waals surface area contributed by atoms with Crippen LogP contribution in [0.3, 0.4) is 0 Å². The number of rotatable bonds is 7. The van der Waals surface area contributed by atoms with Crippen molar-refractivity contribution in [3.8, 4) is 0 Å². The van der Waals surface area contributed by atoms with Crippen molar-refractivity contribution >= 4 is 23.6 Å². The lowest BCUT2D eigenvalue weighted by Crippen LogP contribution is -2.45. The highest BCUT2D eigenvalue weighted by molar-refractivity contribution is 8.00. The second-order valence-corrected chi connectivity index (χ2v) is 6.38. The van der Waals surface area contributed by atoms with Crippen LogP contribution in [0, 0.1) is 0 Å². The number of carbonyl (C=O) groups excluding carboxylic acids is 2. The third kappa shape index (κ3) is 6.58. The van der Waals surface area contributed by atoms with Gasteiger partial charge in [-0.15, -0.1) is 11.8 Å². The van der Waals surface area contributed by atoms with Crippen LogP contribution in [0.15, 0.2) is 0 Å². The van der Waals surface area contributed by atoms with Crippen LogP contribution in [0.2, 0.25) is 0 Å². The molecule has 0 aromatic rings. The smallest absolute Gasteiger partial charge is 0.232 e. The average Bonchev–Trinajstić information content (AvgIpc) is 2.38. The van der Waals surface area contributed by atoms with E-state index in [1.54, 1.807) is 4.90 Å². The van der Waals surface area contributed by atoms with E-state index in [1.807, 2.05) is 13.8 Å². The molecule has 1 rings (SSSR count). The number of nitrogens with one attached hydrogen (secondary N) is 1. The predicted octanol–water partition coefficient (Wildman–Crippen LogP) is -0.144. The first kappa shape index (κ1) is 17.3. The molecule has 1 aliphatic heterocycles. The van der Waals surface area contributed by atoms with E-state index in [-0.39, 0.29) is 24.2 Å². The number of aliphatic hydroxyl groups is 1. The van der Waals surface area contributed by atoms with Crippen LogP contribution in [0.1, 0.15) is 20.3 Å². The number of morpholine rings is 1. The molecule has 1 fully saturated rings. The van der Waals surface area contributed by atoms with Gasteiger partial charge in [-0.2, -0.15) is 0 Å². The Labute approximate surface area is 124 Å². The first-order chi connectivity index (χ1) is 9.44. The summed E-state index contributed by atoms with van der Waals surface area (Å²) in [5.41, 5.74) is -0.416. The molecule has 1 aliphatic rings.